The monoisotopic (exact) mass is 473 g/mol. The lowest BCUT2D eigenvalue weighted by molar-refractivity contribution is -0.176. The summed E-state index contributed by atoms with van der Waals surface area (Å²) in [7, 11) is 0. The summed E-state index contributed by atoms with van der Waals surface area (Å²) in [5.41, 5.74) is 0. The topological polar surface area (TPSA) is 160 Å². The molecular formula is C22H29N6O6+. The zero-order valence-corrected chi connectivity index (χ0v) is 19.1. The molecule has 34 heavy (non-hydrogen) atoms. The number of fused-ring (bicyclic) bond motifs is 1. The second-order valence-electron chi connectivity index (χ2n) is 8.76. The lowest BCUT2D eigenvalue weighted by Crippen LogP contribution is -2.64. The van der Waals surface area contributed by atoms with E-state index in [0.29, 0.717) is 19.3 Å². The molecule has 3 atom stereocenters. The van der Waals surface area contributed by atoms with Crippen LogP contribution < -0.4 is 10.6 Å². The van der Waals surface area contributed by atoms with Gasteiger partial charge in [0.15, 0.2) is 10.7 Å². The Morgan fingerprint density at radius 1 is 1.35 bits per heavy atom. The number of hydrogen-bond acceptors (Lipinski definition) is 7. The minimum atomic E-state index is -1.02. The number of carbonyl (C=O) groups is 4. The number of aliphatic hydroxyl groups is 1. The van der Waals surface area contributed by atoms with Gasteiger partial charge >= 0.3 is 6.20 Å². The van der Waals surface area contributed by atoms with E-state index in [2.05, 4.69) is 15.6 Å². The van der Waals surface area contributed by atoms with Gasteiger partial charge in [0.1, 0.15) is 12.1 Å². The molecule has 182 valence electrons. The molecule has 0 bridgehead atoms. The maximum absolute atomic E-state index is 13.4. The maximum Gasteiger partial charge on any atom is 0.389 e. The Hall–Kier alpha value is -3.88. The molecule has 2 fully saturated rings. The van der Waals surface area contributed by atoms with E-state index in [1.54, 1.807) is 6.07 Å². The number of nitrogens with one attached hydrogen (secondary N) is 2. The van der Waals surface area contributed by atoms with Crippen molar-refractivity contribution in [1.29, 1.82) is 5.39 Å². The number of carbonyl (C=O) groups excluding carboxylic acids is 4. The first-order valence-corrected chi connectivity index (χ1v) is 11.2. The molecule has 0 unspecified atom stereocenters. The number of nitrogens with zero attached hydrogens (tertiary/aromatic N) is 4. The average molecular weight is 474 g/mol. The first kappa shape index (κ1) is 24.8. The molecule has 2 aliphatic rings. The molecule has 2 aliphatic heterocycles. The van der Waals surface area contributed by atoms with E-state index in [-0.39, 0.29) is 42.7 Å². The Balaban J connectivity index is 1.83. The summed E-state index contributed by atoms with van der Waals surface area (Å²) in [5, 5.41) is 26.7. The van der Waals surface area contributed by atoms with Crippen molar-refractivity contribution in [2.75, 3.05) is 6.54 Å². The summed E-state index contributed by atoms with van der Waals surface area (Å²) in [6.45, 7) is 4.07. The number of amides is 4. The van der Waals surface area contributed by atoms with Crippen molar-refractivity contribution >= 4 is 23.6 Å². The van der Waals surface area contributed by atoms with E-state index in [9.17, 15) is 24.3 Å². The SMILES string of the molecule is CC(C)C[C@H](NC(=O)[C@@H]1CCCN2C(=O)CC[C@H](NC(=O)c3ccco3)C(=O)N12)/C(O)=C/[N+]#N. The quantitative estimate of drug-likeness (QED) is 0.401. The van der Waals surface area contributed by atoms with Gasteiger partial charge in [-0.1, -0.05) is 13.8 Å². The first-order valence-electron chi connectivity index (χ1n) is 11.2. The van der Waals surface area contributed by atoms with Crippen LogP contribution in [0.15, 0.2) is 34.8 Å². The average Bonchev–Trinajstić information content (AvgIpc) is 3.31. The van der Waals surface area contributed by atoms with Crippen molar-refractivity contribution in [3.05, 3.63) is 41.1 Å². The van der Waals surface area contributed by atoms with Crippen LogP contribution in [0.5, 0.6) is 0 Å². The lowest BCUT2D eigenvalue weighted by atomic mass is 10.0. The molecule has 12 heteroatoms. The molecule has 1 aromatic heterocycles. The van der Waals surface area contributed by atoms with Gasteiger partial charge in [0, 0.05) is 13.0 Å². The Bertz CT molecular complexity index is 998. The van der Waals surface area contributed by atoms with Crippen LogP contribution in [0.2, 0.25) is 0 Å². The highest BCUT2D eigenvalue weighted by molar-refractivity contribution is 5.98. The van der Waals surface area contributed by atoms with E-state index in [1.165, 1.54) is 17.3 Å². The fraction of sp³-hybridized carbons (Fsp3) is 0.545. The molecule has 0 aliphatic carbocycles. The third-order valence-corrected chi connectivity index (χ3v) is 5.79. The van der Waals surface area contributed by atoms with Gasteiger partial charge in [0.2, 0.25) is 23.0 Å². The van der Waals surface area contributed by atoms with Gasteiger partial charge < -0.3 is 20.2 Å². The van der Waals surface area contributed by atoms with Crippen molar-refractivity contribution < 1.29 is 28.7 Å². The molecule has 0 aromatic carbocycles. The number of hydrazine groups is 1. The molecule has 12 nitrogen and oxygen atoms in total. The Labute approximate surface area is 196 Å². The second kappa shape index (κ2) is 10.8. The van der Waals surface area contributed by atoms with Crippen molar-refractivity contribution in [2.45, 2.75) is 64.1 Å². The molecule has 4 amide bonds. The molecular weight excluding hydrogens is 444 g/mol. The van der Waals surface area contributed by atoms with Crippen molar-refractivity contribution in [3.8, 4) is 0 Å². The third kappa shape index (κ3) is 5.54. The standard InChI is InChI=1S/C22H28N6O6/c1-13(2)11-15(17(29)12-24-23)26-20(31)16-5-3-9-27-19(30)8-7-14(22(33)28(16)27)25-21(32)18-6-4-10-34-18/h4,6,10,12-16H,3,5,7-9,11H2,1-2H3,(H2-,25,26,29,31,32)/p+1/b17-12-/t14-,15-,16-/m0/s1. The second-order valence-corrected chi connectivity index (χ2v) is 8.76. The van der Waals surface area contributed by atoms with Crippen molar-refractivity contribution in [2.24, 2.45) is 5.92 Å². The molecule has 3 N–H and O–H groups in total. The largest absolute Gasteiger partial charge is 0.504 e. The van der Waals surface area contributed by atoms with Gasteiger partial charge in [-0.25, -0.2) is 5.01 Å². The fourth-order valence-electron chi connectivity index (χ4n) is 4.19. The van der Waals surface area contributed by atoms with Gasteiger partial charge in [-0.3, -0.25) is 24.2 Å². The predicted molar refractivity (Wildman–Crippen MR) is 118 cm³/mol. The maximum atomic E-state index is 13.4. The molecule has 3 rings (SSSR count). The summed E-state index contributed by atoms with van der Waals surface area (Å²) in [4.78, 5) is 54.7. The van der Waals surface area contributed by atoms with Crippen LogP contribution in [0.25, 0.3) is 4.98 Å². The smallest absolute Gasteiger partial charge is 0.389 e. The Morgan fingerprint density at radius 3 is 2.76 bits per heavy atom. The highest BCUT2D eigenvalue weighted by atomic mass is 16.3. The van der Waals surface area contributed by atoms with E-state index in [4.69, 9.17) is 9.81 Å². The van der Waals surface area contributed by atoms with Crippen LogP contribution >= 0.6 is 0 Å². The van der Waals surface area contributed by atoms with Crippen LogP contribution in [-0.2, 0) is 14.4 Å². The number of rotatable bonds is 7. The van der Waals surface area contributed by atoms with E-state index in [0.717, 1.165) is 11.2 Å². The van der Waals surface area contributed by atoms with Crippen LogP contribution in [0.1, 0.15) is 56.5 Å². The molecule has 2 saturated heterocycles. The number of diazo groups is 1. The zero-order chi connectivity index (χ0) is 24.8. The van der Waals surface area contributed by atoms with E-state index >= 15 is 0 Å². The molecule has 3 heterocycles. The van der Waals surface area contributed by atoms with Crippen LogP contribution in [0, 0.1) is 11.3 Å². The van der Waals surface area contributed by atoms with Crippen molar-refractivity contribution in [3.63, 3.8) is 0 Å². The number of furan rings is 1. The van der Waals surface area contributed by atoms with Gasteiger partial charge in [-0.2, -0.15) is 0 Å². The predicted octanol–water partition coefficient (Wildman–Crippen LogP) is 1.69. The number of hydrogen-bond donors (Lipinski definition) is 3. The van der Waals surface area contributed by atoms with Gasteiger partial charge in [-0.05, 0) is 43.7 Å². The first-order chi connectivity index (χ1) is 16.2. The van der Waals surface area contributed by atoms with Gasteiger partial charge in [0.25, 0.3) is 11.8 Å². The zero-order valence-electron chi connectivity index (χ0n) is 19.1. The van der Waals surface area contributed by atoms with Crippen LogP contribution in [0.3, 0.4) is 0 Å². The van der Waals surface area contributed by atoms with E-state index < -0.39 is 35.8 Å². The summed E-state index contributed by atoms with van der Waals surface area (Å²) < 4.78 is 5.08. The minimum Gasteiger partial charge on any atom is -0.504 e. The third-order valence-electron chi connectivity index (χ3n) is 5.79. The minimum absolute atomic E-state index is 0.0250. The lowest BCUT2D eigenvalue weighted by Gasteiger charge is -2.43. The van der Waals surface area contributed by atoms with Crippen LogP contribution in [0.4, 0.5) is 0 Å². The molecule has 0 saturated carbocycles. The Morgan fingerprint density at radius 2 is 2.12 bits per heavy atom. The highest BCUT2D eigenvalue weighted by Gasteiger charge is 2.45. The van der Waals surface area contributed by atoms with Gasteiger partial charge in [-0.15, -0.1) is 0 Å². The normalized spacial score (nSPS) is 22.0. The van der Waals surface area contributed by atoms with Crippen molar-refractivity contribution in [1.82, 2.24) is 20.7 Å². The number of aliphatic hydroxyl groups excluding tert-OH is 1. The summed E-state index contributed by atoms with van der Waals surface area (Å²) in [5.74, 6) is -2.27. The van der Waals surface area contributed by atoms with Crippen LogP contribution in [-0.4, -0.2) is 63.4 Å². The summed E-state index contributed by atoms with van der Waals surface area (Å²) in [6, 6.07) is 0.124. The molecule has 0 spiro atoms. The summed E-state index contributed by atoms with van der Waals surface area (Å²) >= 11 is 0. The molecule has 1 aromatic rings. The summed E-state index contributed by atoms with van der Waals surface area (Å²) in [6.07, 6.45) is 3.43. The molecule has 0 radical (unpaired) electrons. The van der Waals surface area contributed by atoms with E-state index in [1.807, 2.05) is 13.8 Å². The Kier molecular flexibility index (Phi) is 7.88. The fourth-order valence-corrected chi connectivity index (χ4v) is 4.19. The van der Waals surface area contributed by atoms with Gasteiger partial charge in [0.05, 0.1) is 12.3 Å². The highest BCUT2D eigenvalue weighted by Crippen LogP contribution is 2.26.